The monoisotopic (exact) mass is 298 g/mol. The van der Waals surface area contributed by atoms with Crippen LogP contribution in [0.4, 0.5) is 4.39 Å². The SMILES string of the molecule is CC(CN1CCCC1=O)NC(=O)c1cc(Cl)ccc1F. The first-order chi connectivity index (χ1) is 9.47. The van der Waals surface area contributed by atoms with E-state index in [0.29, 0.717) is 24.5 Å². The standard InChI is InChI=1S/C14H16ClFN2O2/c1-9(8-18-6-2-3-13(18)19)17-14(20)11-7-10(15)4-5-12(11)16/h4-5,7,9H,2-3,6,8H2,1H3,(H,17,20). The Balaban J connectivity index is 1.96. The van der Waals surface area contributed by atoms with Crippen LogP contribution >= 0.6 is 11.6 Å². The van der Waals surface area contributed by atoms with Crippen LogP contribution in [0.1, 0.15) is 30.1 Å². The van der Waals surface area contributed by atoms with Gasteiger partial charge < -0.3 is 10.2 Å². The average Bonchev–Trinajstić information content (AvgIpc) is 2.77. The summed E-state index contributed by atoms with van der Waals surface area (Å²) < 4.78 is 13.6. The summed E-state index contributed by atoms with van der Waals surface area (Å²) in [7, 11) is 0. The largest absolute Gasteiger partial charge is 0.348 e. The molecule has 1 unspecified atom stereocenters. The minimum absolute atomic E-state index is 0.0860. The van der Waals surface area contributed by atoms with Crippen LogP contribution in [0.25, 0.3) is 0 Å². The Labute approximate surface area is 121 Å². The number of carbonyl (C=O) groups is 2. The Morgan fingerprint density at radius 3 is 2.95 bits per heavy atom. The lowest BCUT2D eigenvalue weighted by atomic mass is 10.2. The molecule has 1 aliphatic rings. The lowest BCUT2D eigenvalue weighted by Crippen LogP contribution is -2.42. The predicted octanol–water partition coefficient (Wildman–Crippen LogP) is 2.22. The number of hydrogen-bond acceptors (Lipinski definition) is 2. The second kappa shape index (κ2) is 6.22. The van der Waals surface area contributed by atoms with Crippen molar-refractivity contribution in [3.8, 4) is 0 Å². The molecule has 0 aliphatic carbocycles. The summed E-state index contributed by atoms with van der Waals surface area (Å²) in [5.74, 6) is -1.04. The Hall–Kier alpha value is -1.62. The second-order valence-corrected chi connectivity index (χ2v) is 5.38. The van der Waals surface area contributed by atoms with Crippen LogP contribution in [-0.4, -0.2) is 35.8 Å². The first-order valence-corrected chi connectivity index (χ1v) is 6.89. The highest BCUT2D eigenvalue weighted by atomic mass is 35.5. The minimum atomic E-state index is -0.614. The maximum absolute atomic E-state index is 13.6. The molecule has 1 heterocycles. The van der Waals surface area contributed by atoms with E-state index in [-0.39, 0.29) is 17.5 Å². The lowest BCUT2D eigenvalue weighted by molar-refractivity contribution is -0.127. The third kappa shape index (κ3) is 3.48. The van der Waals surface area contributed by atoms with Gasteiger partial charge in [-0.15, -0.1) is 0 Å². The first-order valence-electron chi connectivity index (χ1n) is 6.51. The van der Waals surface area contributed by atoms with Gasteiger partial charge in [-0.3, -0.25) is 9.59 Å². The molecular formula is C14H16ClFN2O2. The topological polar surface area (TPSA) is 49.4 Å². The fourth-order valence-electron chi connectivity index (χ4n) is 2.25. The number of carbonyl (C=O) groups excluding carboxylic acids is 2. The molecule has 1 N–H and O–H groups in total. The smallest absolute Gasteiger partial charge is 0.254 e. The fourth-order valence-corrected chi connectivity index (χ4v) is 2.42. The molecule has 20 heavy (non-hydrogen) atoms. The summed E-state index contributed by atoms with van der Waals surface area (Å²) in [6.07, 6.45) is 1.41. The number of nitrogens with zero attached hydrogens (tertiary/aromatic N) is 1. The van der Waals surface area contributed by atoms with Gasteiger partial charge in [0.1, 0.15) is 5.82 Å². The van der Waals surface area contributed by atoms with E-state index in [1.54, 1.807) is 11.8 Å². The molecule has 0 aromatic heterocycles. The molecule has 1 fully saturated rings. The molecule has 0 radical (unpaired) electrons. The van der Waals surface area contributed by atoms with Crippen molar-refractivity contribution in [3.05, 3.63) is 34.6 Å². The summed E-state index contributed by atoms with van der Waals surface area (Å²) in [6, 6.07) is 3.59. The zero-order chi connectivity index (χ0) is 14.7. The molecule has 0 bridgehead atoms. The molecule has 0 saturated carbocycles. The van der Waals surface area contributed by atoms with E-state index in [1.807, 2.05) is 0 Å². The molecule has 108 valence electrons. The Bertz CT molecular complexity index is 536. The minimum Gasteiger partial charge on any atom is -0.348 e. The van der Waals surface area contributed by atoms with Crippen LogP contribution in [0.3, 0.4) is 0 Å². The number of likely N-dealkylation sites (tertiary alicyclic amines) is 1. The Kier molecular flexibility index (Phi) is 4.60. The van der Waals surface area contributed by atoms with Crippen LogP contribution in [-0.2, 0) is 4.79 Å². The molecular weight excluding hydrogens is 283 g/mol. The van der Waals surface area contributed by atoms with Crippen LogP contribution in [0, 0.1) is 5.82 Å². The molecule has 1 aromatic carbocycles. The zero-order valence-corrected chi connectivity index (χ0v) is 11.9. The molecule has 1 saturated heterocycles. The predicted molar refractivity (Wildman–Crippen MR) is 74.2 cm³/mol. The van der Waals surface area contributed by atoms with Crippen molar-refractivity contribution < 1.29 is 14.0 Å². The summed E-state index contributed by atoms with van der Waals surface area (Å²) in [5, 5.41) is 2.98. The van der Waals surface area contributed by atoms with E-state index in [0.717, 1.165) is 12.5 Å². The maximum Gasteiger partial charge on any atom is 0.254 e. The quantitative estimate of drug-likeness (QED) is 0.926. The van der Waals surface area contributed by atoms with Gasteiger partial charge in [0.05, 0.1) is 5.56 Å². The molecule has 1 atom stereocenters. The van der Waals surface area contributed by atoms with Gasteiger partial charge in [0.15, 0.2) is 0 Å². The highest BCUT2D eigenvalue weighted by Crippen LogP contribution is 2.15. The van der Waals surface area contributed by atoms with Crippen molar-refractivity contribution in [2.45, 2.75) is 25.8 Å². The Morgan fingerprint density at radius 1 is 1.55 bits per heavy atom. The lowest BCUT2D eigenvalue weighted by Gasteiger charge is -2.21. The summed E-state index contributed by atoms with van der Waals surface area (Å²) >= 11 is 5.75. The molecule has 2 rings (SSSR count). The molecule has 2 amide bonds. The van der Waals surface area contributed by atoms with Crippen molar-refractivity contribution >= 4 is 23.4 Å². The third-order valence-corrected chi connectivity index (χ3v) is 3.45. The summed E-state index contributed by atoms with van der Waals surface area (Å²) in [6.45, 7) is 2.93. The first kappa shape index (κ1) is 14.8. The van der Waals surface area contributed by atoms with E-state index in [2.05, 4.69) is 5.32 Å². The van der Waals surface area contributed by atoms with Crippen molar-refractivity contribution in [1.82, 2.24) is 10.2 Å². The van der Waals surface area contributed by atoms with Crippen molar-refractivity contribution in [2.75, 3.05) is 13.1 Å². The van der Waals surface area contributed by atoms with Gasteiger partial charge >= 0.3 is 0 Å². The molecule has 1 aromatic rings. The van der Waals surface area contributed by atoms with Gasteiger partial charge in [-0.25, -0.2) is 4.39 Å². The average molecular weight is 299 g/mol. The third-order valence-electron chi connectivity index (χ3n) is 3.22. The highest BCUT2D eigenvalue weighted by molar-refractivity contribution is 6.31. The van der Waals surface area contributed by atoms with Gasteiger partial charge in [-0.2, -0.15) is 0 Å². The highest BCUT2D eigenvalue weighted by Gasteiger charge is 2.23. The molecule has 4 nitrogen and oxygen atoms in total. The molecule has 1 aliphatic heterocycles. The number of hydrogen-bond donors (Lipinski definition) is 1. The van der Waals surface area contributed by atoms with Crippen molar-refractivity contribution in [1.29, 1.82) is 0 Å². The van der Waals surface area contributed by atoms with Crippen LogP contribution < -0.4 is 5.32 Å². The van der Waals surface area contributed by atoms with E-state index < -0.39 is 11.7 Å². The van der Waals surface area contributed by atoms with Gasteiger partial charge in [-0.1, -0.05) is 11.6 Å². The van der Waals surface area contributed by atoms with Gasteiger partial charge in [0, 0.05) is 30.6 Å². The molecule has 0 spiro atoms. The maximum atomic E-state index is 13.6. The van der Waals surface area contributed by atoms with E-state index in [9.17, 15) is 14.0 Å². The number of benzene rings is 1. The van der Waals surface area contributed by atoms with Crippen LogP contribution in [0.5, 0.6) is 0 Å². The van der Waals surface area contributed by atoms with E-state index in [4.69, 9.17) is 11.6 Å². The number of halogens is 2. The summed E-state index contributed by atoms with van der Waals surface area (Å²) in [4.78, 5) is 25.2. The number of amides is 2. The van der Waals surface area contributed by atoms with Gasteiger partial charge in [0.25, 0.3) is 5.91 Å². The van der Waals surface area contributed by atoms with Gasteiger partial charge in [-0.05, 0) is 31.5 Å². The van der Waals surface area contributed by atoms with Crippen molar-refractivity contribution in [3.63, 3.8) is 0 Å². The fraction of sp³-hybridized carbons (Fsp3) is 0.429. The molecule has 6 heteroatoms. The number of nitrogens with one attached hydrogen (secondary N) is 1. The van der Waals surface area contributed by atoms with E-state index >= 15 is 0 Å². The van der Waals surface area contributed by atoms with Crippen LogP contribution in [0.15, 0.2) is 18.2 Å². The normalized spacial score (nSPS) is 16.4. The van der Waals surface area contributed by atoms with Gasteiger partial charge in [0.2, 0.25) is 5.91 Å². The number of rotatable bonds is 4. The van der Waals surface area contributed by atoms with Crippen LogP contribution in [0.2, 0.25) is 5.02 Å². The van der Waals surface area contributed by atoms with Crippen molar-refractivity contribution in [2.24, 2.45) is 0 Å². The summed E-state index contributed by atoms with van der Waals surface area (Å²) in [5.41, 5.74) is -0.0860. The zero-order valence-electron chi connectivity index (χ0n) is 11.2. The van der Waals surface area contributed by atoms with E-state index in [1.165, 1.54) is 12.1 Å². The Morgan fingerprint density at radius 2 is 2.30 bits per heavy atom. The second-order valence-electron chi connectivity index (χ2n) is 4.94.